The number of fused-ring (bicyclic) bond motifs is 1. The lowest BCUT2D eigenvalue weighted by Gasteiger charge is -2.37. The van der Waals surface area contributed by atoms with Crippen LogP contribution in [0.3, 0.4) is 0 Å². The third-order valence-corrected chi connectivity index (χ3v) is 5.31. The van der Waals surface area contributed by atoms with E-state index in [-0.39, 0.29) is 11.8 Å². The summed E-state index contributed by atoms with van der Waals surface area (Å²) in [5.41, 5.74) is -0.778. The molecule has 0 bridgehead atoms. The summed E-state index contributed by atoms with van der Waals surface area (Å²) >= 11 is 0. The van der Waals surface area contributed by atoms with E-state index in [0.717, 1.165) is 19.0 Å². The predicted molar refractivity (Wildman–Crippen MR) is 82.6 cm³/mol. The van der Waals surface area contributed by atoms with Gasteiger partial charge in [0.05, 0.1) is 12.6 Å². The second kappa shape index (κ2) is 6.33. The highest BCUT2D eigenvalue weighted by atomic mass is 16.2. The molecule has 2 saturated heterocycles. The van der Waals surface area contributed by atoms with Gasteiger partial charge in [-0.3, -0.25) is 9.69 Å². The molecule has 5 heteroatoms. The topological polar surface area (TPSA) is 59.4 Å². The lowest BCUT2D eigenvalue weighted by Crippen LogP contribution is -2.54. The first-order valence-corrected chi connectivity index (χ1v) is 8.00. The molecule has 0 aromatic rings. The van der Waals surface area contributed by atoms with Gasteiger partial charge in [0.2, 0.25) is 5.91 Å². The number of rotatable bonds is 4. The number of likely N-dealkylation sites (tertiary alicyclic amines) is 2. The highest BCUT2D eigenvalue weighted by molar-refractivity contribution is 5.79. The van der Waals surface area contributed by atoms with E-state index in [2.05, 4.69) is 28.2 Å². The molecule has 0 saturated carbocycles. The van der Waals surface area contributed by atoms with Gasteiger partial charge >= 0.3 is 0 Å². The minimum atomic E-state index is -0.778. The molecular formula is C16H28N4O. The Kier molecular flexibility index (Phi) is 4.90. The predicted octanol–water partition coefficient (Wildman–Crippen LogP) is 1.07. The molecular weight excluding hydrogens is 264 g/mol. The Morgan fingerprint density at radius 3 is 2.71 bits per heavy atom. The van der Waals surface area contributed by atoms with E-state index in [0.29, 0.717) is 12.6 Å². The molecule has 0 radical (unpaired) electrons. The van der Waals surface area contributed by atoms with Crippen molar-refractivity contribution in [1.29, 1.82) is 5.26 Å². The van der Waals surface area contributed by atoms with Crippen LogP contribution in [0.2, 0.25) is 0 Å². The third-order valence-electron chi connectivity index (χ3n) is 5.31. The Balaban J connectivity index is 1.93. The van der Waals surface area contributed by atoms with Crippen LogP contribution in [0.5, 0.6) is 0 Å². The van der Waals surface area contributed by atoms with E-state index >= 15 is 0 Å². The maximum atomic E-state index is 12.3. The molecule has 2 fully saturated rings. The number of amides is 1. The van der Waals surface area contributed by atoms with E-state index in [1.54, 1.807) is 6.92 Å². The first-order valence-electron chi connectivity index (χ1n) is 8.00. The average Bonchev–Trinajstić information content (AvgIpc) is 2.80. The lowest BCUT2D eigenvalue weighted by molar-refractivity contribution is -0.124. The molecule has 0 aromatic carbocycles. The first kappa shape index (κ1) is 16.3. The highest BCUT2D eigenvalue weighted by Crippen LogP contribution is 2.30. The molecule has 21 heavy (non-hydrogen) atoms. The van der Waals surface area contributed by atoms with Gasteiger partial charge in [-0.25, -0.2) is 0 Å². The van der Waals surface area contributed by atoms with Gasteiger partial charge in [0.1, 0.15) is 5.54 Å². The Labute approximate surface area is 128 Å². The van der Waals surface area contributed by atoms with Crippen molar-refractivity contribution in [3.8, 4) is 6.07 Å². The maximum absolute atomic E-state index is 12.3. The fourth-order valence-corrected chi connectivity index (χ4v) is 3.40. The second-order valence-electron chi connectivity index (χ2n) is 7.15. The fourth-order valence-electron chi connectivity index (χ4n) is 3.40. The number of nitrogens with one attached hydrogen (secondary N) is 1. The van der Waals surface area contributed by atoms with Crippen LogP contribution in [0.25, 0.3) is 0 Å². The number of hydrogen-bond acceptors (Lipinski definition) is 4. The molecule has 2 heterocycles. The smallest absolute Gasteiger partial charge is 0.235 e. The number of hydrogen-bond donors (Lipinski definition) is 1. The number of carbonyl (C=O) groups is 1. The van der Waals surface area contributed by atoms with Crippen LogP contribution in [-0.4, -0.2) is 60.5 Å². The van der Waals surface area contributed by atoms with Crippen molar-refractivity contribution >= 4 is 5.91 Å². The van der Waals surface area contributed by atoms with E-state index in [9.17, 15) is 10.1 Å². The van der Waals surface area contributed by atoms with Crippen LogP contribution in [0.15, 0.2) is 0 Å². The molecule has 0 aliphatic carbocycles. The van der Waals surface area contributed by atoms with Crippen molar-refractivity contribution in [2.24, 2.45) is 11.8 Å². The van der Waals surface area contributed by atoms with Crippen LogP contribution >= 0.6 is 0 Å². The van der Waals surface area contributed by atoms with Gasteiger partial charge in [0.25, 0.3) is 0 Å². The zero-order chi connectivity index (χ0) is 15.6. The molecule has 5 nitrogen and oxygen atoms in total. The molecule has 1 amide bonds. The summed E-state index contributed by atoms with van der Waals surface area (Å²) in [7, 11) is 2.15. The standard InChI is InChI=1S/C16H28N4O/c1-12(2)16(3,11-17)18-15(21)10-20-8-6-13-5-7-19(4)9-14(13)20/h12-14H,5-10H2,1-4H3,(H,18,21)/t13-,14+,16+/m1/s1. The highest BCUT2D eigenvalue weighted by Gasteiger charge is 2.39. The molecule has 3 atom stereocenters. The number of nitrogens with zero attached hydrogens (tertiary/aromatic N) is 3. The summed E-state index contributed by atoms with van der Waals surface area (Å²) in [4.78, 5) is 17.0. The zero-order valence-electron chi connectivity index (χ0n) is 13.7. The summed E-state index contributed by atoms with van der Waals surface area (Å²) in [6.07, 6.45) is 2.44. The number of nitriles is 1. The summed E-state index contributed by atoms with van der Waals surface area (Å²) < 4.78 is 0. The molecule has 2 aliphatic heterocycles. The Morgan fingerprint density at radius 1 is 1.43 bits per heavy atom. The summed E-state index contributed by atoms with van der Waals surface area (Å²) in [5.74, 6) is 0.807. The largest absolute Gasteiger partial charge is 0.337 e. The van der Waals surface area contributed by atoms with Crippen molar-refractivity contribution < 1.29 is 4.79 Å². The Morgan fingerprint density at radius 2 is 2.10 bits per heavy atom. The first-order chi connectivity index (χ1) is 9.85. The molecule has 118 valence electrons. The molecule has 2 rings (SSSR count). The second-order valence-corrected chi connectivity index (χ2v) is 7.15. The lowest BCUT2D eigenvalue weighted by atomic mass is 9.90. The molecule has 0 unspecified atom stereocenters. The van der Waals surface area contributed by atoms with Gasteiger partial charge in [0.15, 0.2) is 0 Å². The van der Waals surface area contributed by atoms with Crippen molar-refractivity contribution in [3.63, 3.8) is 0 Å². The molecule has 2 aliphatic rings. The summed E-state index contributed by atoms with van der Waals surface area (Å²) in [6.45, 7) is 9.37. The SMILES string of the molecule is CC(C)[C@](C)(C#N)NC(=O)CN1CC[C@H]2CCN(C)C[C@@H]21. The normalized spacial score (nSPS) is 29.7. The van der Waals surface area contributed by atoms with E-state index in [1.807, 2.05) is 13.8 Å². The quantitative estimate of drug-likeness (QED) is 0.842. The number of carbonyl (C=O) groups excluding carboxylic acids is 1. The number of piperidine rings is 1. The molecule has 1 N–H and O–H groups in total. The van der Waals surface area contributed by atoms with Crippen LogP contribution in [-0.2, 0) is 4.79 Å². The van der Waals surface area contributed by atoms with E-state index < -0.39 is 5.54 Å². The zero-order valence-corrected chi connectivity index (χ0v) is 13.7. The van der Waals surface area contributed by atoms with Gasteiger partial charge in [-0.15, -0.1) is 0 Å². The average molecular weight is 292 g/mol. The van der Waals surface area contributed by atoms with Crippen LogP contribution < -0.4 is 5.32 Å². The minimum Gasteiger partial charge on any atom is -0.337 e. The summed E-state index contributed by atoms with van der Waals surface area (Å²) in [5, 5.41) is 12.2. The maximum Gasteiger partial charge on any atom is 0.235 e. The van der Waals surface area contributed by atoms with Gasteiger partial charge in [-0.05, 0) is 51.7 Å². The third kappa shape index (κ3) is 3.56. The van der Waals surface area contributed by atoms with E-state index in [1.165, 1.54) is 19.4 Å². The van der Waals surface area contributed by atoms with Crippen LogP contribution in [0.1, 0.15) is 33.6 Å². The van der Waals surface area contributed by atoms with Gasteiger partial charge in [0, 0.05) is 12.6 Å². The molecule has 0 spiro atoms. The van der Waals surface area contributed by atoms with Crippen molar-refractivity contribution in [2.45, 2.75) is 45.2 Å². The van der Waals surface area contributed by atoms with Crippen LogP contribution in [0.4, 0.5) is 0 Å². The van der Waals surface area contributed by atoms with Crippen molar-refractivity contribution in [3.05, 3.63) is 0 Å². The Bertz CT molecular complexity index is 430. The van der Waals surface area contributed by atoms with Crippen LogP contribution in [0, 0.1) is 23.2 Å². The fraction of sp³-hybridized carbons (Fsp3) is 0.875. The number of likely N-dealkylation sites (N-methyl/N-ethyl adjacent to an activating group) is 1. The van der Waals surface area contributed by atoms with Crippen molar-refractivity contribution in [1.82, 2.24) is 15.1 Å². The monoisotopic (exact) mass is 292 g/mol. The van der Waals surface area contributed by atoms with Gasteiger partial charge < -0.3 is 10.2 Å². The molecule has 0 aromatic heterocycles. The minimum absolute atomic E-state index is 0.0263. The van der Waals surface area contributed by atoms with E-state index in [4.69, 9.17) is 0 Å². The van der Waals surface area contributed by atoms with Gasteiger partial charge in [-0.1, -0.05) is 13.8 Å². The summed E-state index contributed by atoms with van der Waals surface area (Å²) in [6, 6.07) is 2.74. The Hall–Kier alpha value is -1.12. The van der Waals surface area contributed by atoms with Gasteiger partial charge in [-0.2, -0.15) is 5.26 Å². The van der Waals surface area contributed by atoms with Crippen molar-refractivity contribution in [2.75, 3.05) is 33.2 Å².